The normalized spacial score (nSPS) is 15.3. The second-order valence-electron chi connectivity index (χ2n) is 6.52. The number of pyridine rings is 2. The number of hydrogen-bond acceptors (Lipinski definition) is 6. The van der Waals surface area contributed by atoms with Crippen molar-refractivity contribution in [2.75, 3.05) is 0 Å². The molecule has 0 bridgehead atoms. The van der Waals surface area contributed by atoms with Crippen LogP contribution in [0.4, 0.5) is 0 Å². The second kappa shape index (κ2) is 7.33. The maximum absolute atomic E-state index is 5.48. The minimum Gasteiger partial charge on any atom is -0.393 e. The molecular formula is C20H20N4OS. The van der Waals surface area contributed by atoms with Gasteiger partial charge in [0.15, 0.2) is 0 Å². The molecule has 0 aromatic carbocycles. The van der Waals surface area contributed by atoms with E-state index >= 15 is 0 Å². The average Bonchev–Trinajstić information content (AvgIpc) is 3.17. The van der Waals surface area contributed by atoms with Gasteiger partial charge in [-0.3, -0.25) is 4.98 Å². The van der Waals surface area contributed by atoms with E-state index in [0.29, 0.717) is 0 Å². The Labute approximate surface area is 156 Å². The van der Waals surface area contributed by atoms with Crippen LogP contribution in [-0.4, -0.2) is 26.8 Å². The predicted molar refractivity (Wildman–Crippen MR) is 104 cm³/mol. The number of aryl methyl sites for hydroxylation is 1. The Hall–Kier alpha value is -2.60. The maximum atomic E-state index is 5.48. The number of hydrogen-bond donors (Lipinski definition) is 0. The van der Waals surface area contributed by atoms with Crippen molar-refractivity contribution < 1.29 is 4.84 Å². The lowest BCUT2D eigenvalue weighted by molar-refractivity contribution is 0.0854. The molecule has 6 heteroatoms. The molecule has 0 unspecified atom stereocenters. The monoisotopic (exact) mass is 364 g/mol. The molecule has 0 radical (unpaired) electrons. The third-order valence-corrected chi connectivity index (χ3v) is 5.22. The van der Waals surface area contributed by atoms with Gasteiger partial charge in [-0.05, 0) is 56.9 Å². The summed E-state index contributed by atoms with van der Waals surface area (Å²) in [5.74, 6) is 0. The smallest absolute Gasteiger partial charge is 0.125 e. The molecule has 0 aliphatic heterocycles. The summed E-state index contributed by atoms with van der Waals surface area (Å²) in [4.78, 5) is 20.1. The molecule has 3 aromatic heterocycles. The van der Waals surface area contributed by atoms with E-state index in [2.05, 4.69) is 27.3 Å². The van der Waals surface area contributed by atoms with E-state index in [4.69, 9.17) is 9.82 Å². The van der Waals surface area contributed by atoms with E-state index < -0.39 is 0 Å². The minimum atomic E-state index is 0.0691. The molecule has 4 rings (SSSR count). The summed E-state index contributed by atoms with van der Waals surface area (Å²) in [6, 6.07) is 8.17. The van der Waals surface area contributed by atoms with Crippen molar-refractivity contribution in [3.63, 3.8) is 0 Å². The zero-order valence-electron chi connectivity index (χ0n) is 14.8. The Kier molecular flexibility index (Phi) is 4.75. The first-order valence-electron chi connectivity index (χ1n) is 8.80. The van der Waals surface area contributed by atoms with Crippen molar-refractivity contribution in [3.8, 4) is 21.1 Å². The van der Waals surface area contributed by atoms with Gasteiger partial charge in [0.2, 0.25) is 0 Å². The van der Waals surface area contributed by atoms with Crippen molar-refractivity contribution in [3.05, 3.63) is 54.1 Å². The molecule has 0 amide bonds. The van der Waals surface area contributed by atoms with Crippen LogP contribution in [0.1, 0.15) is 37.9 Å². The summed E-state index contributed by atoms with van der Waals surface area (Å²) in [5.41, 5.74) is 5.09. The lowest BCUT2D eigenvalue weighted by Crippen LogP contribution is -2.15. The van der Waals surface area contributed by atoms with Crippen LogP contribution in [0.15, 0.2) is 48.0 Å². The summed E-state index contributed by atoms with van der Waals surface area (Å²) in [7, 11) is 0. The molecule has 5 nitrogen and oxygen atoms in total. The lowest BCUT2D eigenvalue weighted by Gasteiger charge is -2.17. The van der Waals surface area contributed by atoms with Gasteiger partial charge in [0.25, 0.3) is 0 Å². The van der Waals surface area contributed by atoms with Gasteiger partial charge in [-0.1, -0.05) is 11.2 Å². The van der Waals surface area contributed by atoms with Crippen molar-refractivity contribution in [2.45, 2.75) is 39.2 Å². The van der Waals surface area contributed by atoms with Crippen molar-refractivity contribution >= 4 is 17.0 Å². The summed E-state index contributed by atoms with van der Waals surface area (Å²) in [6.45, 7) is 3.96. The van der Waals surface area contributed by atoms with Gasteiger partial charge in [0.05, 0.1) is 16.3 Å². The van der Waals surface area contributed by atoms with Crippen molar-refractivity contribution in [1.29, 1.82) is 0 Å². The standard InChI is InChI=1S/C20H20N4OS/c1-13(2)25-24-17-7-3-5-14-8-9-16(23-19(14)17)18-12-22-20(26-18)15-6-4-10-21-11-15/h4,6,8-13H,3,5,7H2,1-2H3/b24-17+. The fraction of sp³-hybridized carbons (Fsp3) is 0.300. The van der Waals surface area contributed by atoms with Crippen LogP contribution in [0.3, 0.4) is 0 Å². The third-order valence-electron chi connectivity index (χ3n) is 4.15. The summed E-state index contributed by atoms with van der Waals surface area (Å²) >= 11 is 1.62. The molecule has 1 aliphatic carbocycles. The molecule has 26 heavy (non-hydrogen) atoms. The fourth-order valence-corrected chi connectivity index (χ4v) is 3.79. The summed E-state index contributed by atoms with van der Waals surface area (Å²) < 4.78 is 0. The first kappa shape index (κ1) is 16.8. The molecule has 0 fully saturated rings. The predicted octanol–water partition coefficient (Wildman–Crippen LogP) is 4.73. The van der Waals surface area contributed by atoms with Crippen LogP contribution in [0.2, 0.25) is 0 Å². The Bertz CT molecular complexity index is 934. The molecular weight excluding hydrogens is 344 g/mol. The van der Waals surface area contributed by atoms with E-state index in [1.807, 2.05) is 38.4 Å². The number of oxime groups is 1. The van der Waals surface area contributed by atoms with Gasteiger partial charge < -0.3 is 4.84 Å². The SMILES string of the molecule is CC(C)O/N=C1\CCCc2ccc(-c3cnc(-c4cccnc4)s3)nc21. The van der Waals surface area contributed by atoms with Gasteiger partial charge in [-0.2, -0.15) is 0 Å². The highest BCUT2D eigenvalue weighted by atomic mass is 32.1. The number of thiazole rings is 1. The Morgan fingerprint density at radius 1 is 1.15 bits per heavy atom. The zero-order valence-corrected chi connectivity index (χ0v) is 15.7. The Morgan fingerprint density at radius 2 is 2.08 bits per heavy atom. The van der Waals surface area contributed by atoms with E-state index in [1.54, 1.807) is 17.5 Å². The van der Waals surface area contributed by atoms with Gasteiger partial charge in [0.1, 0.15) is 16.8 Å². The molecule has 0 N–H and O–H groups in total. The highest BCUT2D eigenvalue weighted by molar-refractivity contribution is 7.18. The number of aromatic nitrogens is 3. The number of rotatable bonds is 4. The van der Waals surface area contributed by atoms with Crippen LogP contribution < -0.4 is 0 Å². The Balaban J connectivity index is 1.68. The minimum absolute atomic E-state index is 0.0691. The third kappa shape index (κ3) is 3.51. The van der Waals surface area contributed by atoms with Gasteiger partial charge >= 0.3 is 0 Å². The quantitative estimate of drug-likeness (QED) is 0.628. The molecule has 0 saturated heterocycles. The van der Waals surface area contributed by atoms with Crippen LogP contribution >= 0.6 is 11.3 Å². The van der Waals surface area contributed by atoms with Crippen LogP contribution in [0.25, 0.3) is 21.1 Å². The van der Waals surface area contributed by atoms with Gasteiger partial charge in [-0.25, -0.2) is 9.97 Å². The van der Waals surface area contributed by atoms with Gasteiger partial charge in [0, 0.05) is 24.2 Å². The zero-order chi connectivity index (χ0) is 17.9. The summed E-state index contributed by atoms with van der Waals surface area (Å²) in [5, 5.41) is 5.29. The first-order chi connectivity index (χ1) is 12.7. The largest absolute Gasteiger partial charge is 0.393 e. The highest BCUT2D eigenvalue weighted by Gasteiger charge is 2.19. The number of nitrogens with zero attached hydrogens (tertiary/aromatic N) is 4. The van der Waals surface area contributed by atoms with Crippen molar-refractivity contribution in [2.24, 2.45) is 5.16 Å². The molecule has 3 aromatic rings. The van der Waals surface area contributed by atoms with Gasteiger partial charge in [-0.15, -0.1) is 11.3 Å². The fourth-order valence-electron chi connectivity index (χ4n) is 2.91. The highest BCUT2D eigenvalue weighted by Crippen LogP contribution is 2.32. The Morgan fingerprint density at radius 3 is 2.88 bits per heavy atom. The molecule has 0 spiro atoms. The second-order valence-corrected chi connectivity index (χ2v) is 7.55. The van der Waals surface area contributed by atoms with Crippen LogP contribution in [-0.2, 0) is 11.3 Å². The maximum Gasteiger partial charge on any atom is 0.125 e. The number of fused-ring (bicyclic) bond motifs is 1. The molecule has 0 saturated carbocycles. The molecule has 1 aliphatic rings. The molecule has 132 valence electrons. The average molecular weight is 364 g/mol. The van der Waals surface area contributed by atoms with Crippen LogP contribution in [0, 0.1) is 0 Å². The first-order valence-corrected chi connectivity index (χ1v) is 9.62. The van der Waals surface area contributed by atoms with E-state index in [-0.39, 0.29) is 6.10 Å². The lowest BCUT2D eigenvalue weighted by atomic mass is 9.94. The van der Waals surface area contributed by atoms with E-state index in [1.165, 1.54) is 5.56 Å². The molecule has 0 atom stereocenters. The van der Waals surface area contributed by atoms with Crippen molar-refractivity contribution in [1.82, 2.24) is 15.0 Å². The van der Waals surface area contributed by atoms with E-state index in [0.717, 1.165) is 51.8 Å². The van der Waals surface area contributed by atoms with E-state index in [9.17, 15) is 0 Å². The molecule has 3 heterocycles. The topological polar surface area (TPSA) is 60.3 Å². The van der Waals surface area contributed by atoms with Crippen LogP contribution in [0.5, 0.6) is 0 Å². The summed E-state index contributed by atoms with van der Waals surface area (Å²) in [6.07, 6.45) is 8.57.